The Morgan fingerprint density at radius 1 is 0.960 bits per heavy atom. The topological polar surface area (TPSA) is 55.2 Å². The average Bonchev–Trinajstić information content (AvgIpc) is 2.55. The van der Waals surface area contributed by atoms with E-state index < -0.39 is 0 Å². The minimum absolute atomic E-state index is 0.115. The Kier molecular flexibility index (Phi) is 9.30. The minimum atomic E-state index is -0.386. The Morgan fingerprint density at radius 3 is 2.08 bits per heavy atom. The van der Waals surface area contributed by atoms with Crippen molar-refractivity contribution >= 4 is 11.4 Å². The van der Waals surface area contributed by atoms with Gasteiger partial charge in [-0.2, -0.15) is 0 Å². The highest BCUT2D eigenvalue weighted by molar-refractivity contribution is 5.48. The van der Waals surface area contributed by atoms with Gasteiger partial charge in [0.05, 0.1) is 4.92 Å². The standard InChI is InChI=1S/C21H30N2O2/c1-17(2)7-5-8-18(3)9-6-10-19(4)15-16-22-20-11-13-21(14-12-20)23(24)25/h7,9,11-15,22H,5-6,8,10,16H2,1-4H3. The molecule has 0 spiro atoms. The van der Waals surface area contributed by atoms with E-state index in [0.717, 1.165) is 37.9 Å². The van der Waals surface area contributed by atoms with Crippen molar-refractivity contribution < 1.29 is 4.92 Å². The van der Waals surface area contributed by atoms with Crippen LogP contribution in [-0.4, -0.2) is 11.5 Å². The Morgan fingerprint density at radius 2 is 1.52 bits per heavy atom. The Hall–Kier alpha value is -2.36. The second-order valence-corrected chi connectivity index (χ2v) is 6.64. The molecular formula is C21H30N2O2. The smallest absolute Gasteiger partial charge is 0.269 e. The first-order valence-corrected chi connectivity index (χ1v) is 8.81. The molecule has 0 bridgehead atoms. The van der Waals surface area contributed by atoms with Gasteiger partial charge >= 0.3 is 0 Å². The van der Waals surface area contributed by atoms with Crippen LogP contribution >= 0.6 is 0 Å². The van der Waals surface area contributed by atoms with Crippen molar-refractivity contribution in [1.82, 2.24) is 0 Å². The summed E-state index contributed by atoms with van der Waals surface area (Å²) in [7, 11) is 0. The SMILES string of the molecule is CC(C)=CCCC(C)=CCCC(C)=CCNc1ccc([N+](=O)[O-])cc1. The van der Waals surface area contributed by atoms with E-state index in [9.17, 15) is 10.1 Å². The molecule has 1 aromatic rings. The van der Waals surface area contributed by atoms with E-state index in [2.05, 4.69) is 51.2 Å². The predicted octanol–water partition coefficient (Wildman–Crippen LogP) is 6.43. The van der Waals surface area contributed by atoms with E-state index in [1.54, 1.807) is 12.1 Å². The second kappa shape index (κ2) is 11.2. The van der Waals surface area contributed by atoms with Crippen LogP contribution in [0.4, 0.5) is 11.4 Å². The van der Waals surface area contributed by atoms with Gasteiger partial charge in [-0.05, 0) is 65.5 Å². The summed E-state index contributed by atoms with van der Waals surface area (Å²) in [5, 5.41) is 13.9. The Labute approximate surface area is 151 Å². The van der Waals surface area contributed by atoms with E-state index in [1.807, 2.05) is 0 Å². The molecule has 4 heteroatoms. The van der Waals surface area contributed by atoms with Crippen molar-refractivity contribution in [2.45, 2.75) is 53.4 Å². The van der Waals surface area contributed by atoms with Crippen LogP contribution in [0, 0.1) is 10.1 Å². The number of allylic oxidation sites excluding steroid dienone is 5. The number of hydrogen-bond acceptors (Lipinski definition) is 3. The Bertz CT molecular complexity index is 636. The summed E-state index contributed by atoms with van der Waals surface area (Å²) in [5.74, 6) is 0. The first-order chi connectivity index (χ1) is 11.9. The summed E-state index contributed by atoms with van der Waals surface area (Å²) < 4.78 is 0. The largest absolute Gasteiger partial charge is 0.382 e. The average molecular weight is 342 g/mol. The van der Waals surface area contributed by atoms with Crippen molar-refractivity contribution in [2.24, 2.45) is 0 Å². The zero-order chi connectivity index (χ0) is 18.7. The van der Waals surface area contributed by atoms with Crippen LogP contribution < -0.4 is 5.32 Å². The summed E-state index contributed by atoms with van der Waals surface area (Å²) in [6, 6.07) is 6.50. The van der Waals surface area contributed by atoms with Crippen LogP contribution in [-0.2, 0) is 0 Å². The fourth-order valence-electron chi connectivity index (χ4n) is 2.38. The third kappa shape index (κ3) is 9.50. The molecular weight excluding hydrogens is 312 g/mol. The molecule has 25 heavy (non-hydrogen) atoms. The minimum Gasteiger partial charge on any atom is -0.382 e. The lowest BCUT2D eigenvalue weighted by Crippen LogP contribution is -1.99. The van der Waals surface area contributed by atoms with E-state index in [-0.39, 0.29) is 10.6 Å². The molecule has 0 aliphatic rings. The van der Waals surface area contributed by atoms with Crippen LogP contribution in [0.3, 0.4) is 0 Å². The molecule has 0 aromatic heterocycles. The molecule has 0 heterocycles. The lowest BCUT2D eigenvalue weighted by atomic mass is 10.1. The molecule has 4 nitrogen and oxygen atoms in total. The number of nitrogens with zero attached hydrogens (tertiary/aromatic N) is 1. The molecule has 0 saturated carbocycles. The number of nitro groups is 1. The number of anilines is 1. The summed E-state index contributed by atoms with van der Waals surface area (Å²) in [6.07, 6.45) is 11.2. The highest BCUT2D eigenvalue weighted by atomic mass is 16.6. The molecule has 1 rings (SSSR count). The Balaban J connectivity index is 2.31. The maximum absolute atomic E-state index is 10.6. The number of nitrogens with one attached hydrogen (secondary N) is 1. The summed E-state index contributed by atoms with van der Waals surface area (Å²) >= 11 is 0. The zero-order valence-electron chi connectivity index (χ0n) is 15.8. The maximum atomic E-state index is 10.6. The number of hydrogen-bond donors (Lipinski definition) is 1. The molecule has 0 unspecified atom stereocenters. The molecule has 0 fully saturated rings. The molecule has 0 aliphatic heterocycles. The van der Waals surface area contributed by atoms with Gasteiger partial charge in [-0.15, -0.1) is 0 Å². The number of non-ortho nitro benzene ring substituents is 1. The molecule has 0 aliphatic carbocycles. The van der Waals surface area contributed by atoms with Gasteiger partial charge in [-0.25, -0.2) is 0 Å². The van der Waals surface area contributed by atoms with Gasteiger partial charge in [0, 0.05) is 24.4 Å². The van der Waals surface area contributed by atoms with Gasteiger partial charge in [0.2, 0.25) is 0 Å². The maximum Gasteiger partial charge on any atom is 0.269 e. The van der Waals surface area contributed by atoms with Crippen LogP contribution in [0.2, 0.25) is 0 Å². The first-order valence-electron chi connectivity index (χ1n) is 8.81. The molecule has 0 saturated heterocycles. The molecule has 1 aromatic carbocycles. The normalized spacial score (nSPS) is 12.0. The summed E-state index contributed by atoms with van der Waals surface area (Å²) in [5.41, 5.74) is 5.19. The fraction of sp³-hybridized carbons (Fsp3) is 0.429. The fourth-order valence-corrected chi connectivity index (χ4v) is 2.38. The predicted molar refractivity (Wildman–Crippen MR) is 107 cm³/mol. The number of rotatable bonds is 10. The van der Waals surface area contributed by atoms with E-state index in [1.165, 1.54) is 28.9 Å². The highest BCUT2D eigenvalue weighted by Gasteiger charge is 2.02. The molecule has 0 atom stereocenters. The third-order valence-electron chi connectivity index (χ3n) is 3.96. The number of benzene rings is 1. The van der Waals surface area contributed by atoms with Gasteiger partial charge in [0.15, 0.2) is 0 Å². The van der Waals surface area contributed by atoms with Crippen molar-refractivity contribution in [3.63, 3.8) is 0 Å². The zero-order valence-corrected chi connectivity index (χ0v) is 15.8. The van der Waals surface area contributed by atoms with Crippen LogP contribution in [0.1, 0.15) is 53.4 Å². The van der Waals surface area contributed by atoms with E-state index in [0.29, 0.717) is 0 Å². The van der Waals surface area contributed by atoms with Gasteiger partial charge < -0.3 is 5.32 Å². The summed E-state index contributed by atoms with van der Waals surface area (Å²) in [4.78, 5) is 10.2. The van der Waals surface area contributed by atoms with Gasteiger partial charge in [0.25, 0.3) is 5.69 Å². The highest BCUT2D eigenvalue weighted by Crippen LogP contribution is 2.15. The summed E-state index contributed by atoms with van der Waals surface area (Å²) in [6.45, 7) is 9.35. The number of nitro benzene ring substituents is 1. The lowest BCUT2D eigenvalue weighted by Gasteiger charge is -2.05. The van der Waals surface area contributed by atoms with E-state index >= 15 is 0 Å². The van der Waals surface area contributed by atoms with Gasteiger partial charge in [0.1, 0.15) is 0 Å². The van der Waals surface area contributed by atoms with Crippen LogP contribution in [0.25, 0.3) is 0 Å². The van der Waals surface area contributed by atoms with Crippen LogP contribution in [0.15, 0.2) is 59.2 Å². The van der Waals surface area contributed by atoms with Gasteiger partial charge in [-0.1, -0.05) is 34.9 Å². The lowest BCUT2D eigenvalue weighted by molar-refractivity contribution is -0.384. The van der Waals surface area contributed by atoms with Crippen molar-refractivity contribution in [3.05, 3.63) is 69.3 Å². The molecule has 0 amide bonds. The quantitative estimate of drug-likeness (QED) is 0.303. The third-order valence-corrected chi connectivity index (χ3v) is 3.96. The van der Waals surface area contributed by atoms with Crippen LogP contribution in [0.5, 0.6) is 0 Å². The van der Waals surface area contributed by atoms with Crippen molar-refractivity contribution in [2.75, 3.05) is 11.9 Å². The second-order valence-electron chi connectivity index (χ2n) is 6.64. The van der Waals surface area contributed by atoms with Crippen molar-refractivity contribution in [3.8, 4) is 0 Å². The molecule has 0 radical (unpaired) electrons. The van der Waals surface area contributed by atoms with Crippen molar-refractivity contribution in [1.29, 1.82) is 0 Å². The monoisotopic (exact) mass is 342 g/mol. The first kappa shape index (κ1) is 20.7. The molecule has 136 valence electrons. The van der Waals surface area contributed by atoms with E-state index in [4.69, 9.17) is 0 Å². The molecule has 1 N–H and O–H groups in total. The van der Waals surface area contributed by atoms with Gasteiger partial charge in [-0.3, -0.25) is 10.1 Å².